The molecule has 2 rings (SSSR count). The van der Waals surface area contributed by atoms with Gasteiger partial charge in [-0.25, -0.2) is 4.39 Å². The van der Waals surface area contributed by atoms with Crippen molar-refractivity contribution in [3.63, 3.8) is 0 Å². The van der Waals surface area contributed by atoms with Crippen LogP contribution in [0.4, 0.5) is 4.39 Å². The third kappa shape index (κ3) is 2.42. The van der Waals surface area contributed by atoms with Crippen molar-refractivity contribution in [3.05, 3.63) is 59.7 Å². The molecule has 0 saturated carbocycles. The molecule has 0 aliphatic heterocycles. The molecule has 1 aromatic heterocycles. The zero-order valence-electron chi connectivity index (χ0n) is 9.30. The van der Waals surface area contributed by atoms with Gasteiger partial charge in [0.1, 0.15) is 17.7 Å². The summed E-state index contributed by atoms with van der Waals surface area (Å²) < 4.78 is 18.6. The number of aliphatic hydroxyl groups excluding tert-OH is 1. The van der Waals surface area contributed by atoms with Crippen molar-refractivity contribution in [2.75, 3.05) is 7.11 Å². The highest BCUT2D eigenvalue weighted by Gasteiger charge is 2.15. The normalized spacial score (nSPS) is 12.2. The summed E-state index contributed by atoms with van der Waals surface area (Å²) in [5.74, 6) is -0.0784. The molecule has 1 unspecified atom stereocenters. The average molecular weight is 233 g/mol. The van der Waals surface area contributed by atoms with Crippen molar-refractivity contribution in [1.82, 2.24) is 4.98 Å². The largest absolute Gasteiger partial charge is 0.497 e. The predicted molar refractivity (Wildman–Crippen MR) is 61.3 cm³/mol. The second kappa shape index (κ2) is 4.93. The number of ether oxygens (including phenoxy) is 1. The van der Waals surface area contributed by atoms with Crippen LogP contribution in [-0.4, -0.2) is 17.2 Å². The van der Waals surface area contributed by atoms with Gasteiger partial charge in [0.2, 0.25) is 0 Å². The summed E-state index contributed by atoms with van der Waals surface area (Å²) >= 11 is 0. The molecule has 4 heteroatoms. The van der Waals surface area contributed by atoms with Gasteiger partial charge in [0.15, 0.2) is 0 Å². The molecular formula is C13H12FNO2. The maximum absolute atomic E-state index is 13.7. The molecule has 0 aliphatic carbocycles. The lowest BCUT2D eigenvalue weighted by Gasteiger charge is -2.12. The molecule has 1 atom stereocenters. The van der Waals surface area contributed by atoms with Crippen molar-refractivity contribution in [3.8, 4) is 5.75 Å². The van der Waals surface area contributed by atoms with E-state index in [4.69, 9.17) is 4.74 Å². The van der Waals surface area contributed by atoms with Crippen LogP contribution in [-0.2, 0) is 0 Å². The average Bonchev–Trinajstić information content (AvgIpc) is 2.39. The Morgan fingerprint density at radius 2 is 2.18 bits per heavy atom. The van der Waals surface area contributed by atoms with Crippen LogP contribution in [0.15, 0.2) is 42.7 Å². The van der Waals surface area contributed by atoms with Gasteiger partial charge in [-0.05, 0) is 18.2 Å². The number of hydrogen-bond acceptors (Lipinski definition) is 3. The Hall–Kier alpha value is -1.94. The van der Waals surface area contributed by atoms with Crippen molar-refractivity contribution in [2.45, 2.75) is 6.10 Å². The van der Waals surface area contributed by atoms with Crippen LogP contribution in [0.5, 0.6) is 5.75 Å². The Labute approximate surface area is 98.5 Å². The number of methoxy groups -OCH3 is 1. The van der Waals surface area contributed by atoms with Crippen LogP contribution in [0.1, 0.15) is 17.2 Å². The number of hydrogen-bond donors (Lipinski definition) is 1. The monoisotopic (exact) mass is 233 g/mol. The minimum absolute atomic E-state index is 0.207. The first kappa shape index (κ1) is 11.5. The molecule has 0 saturated heterocycles. The minimum atomic E-state index is -1.02. The molecule has 2 aromatic rings. The molecule has 0 fully saturated rings. The first-order valence-electron chi connectivity index (χ1n) is 5.14. The molecule has 17 heavy (non-hydrogen) atoms. The standard InChI is InChI=1S/C13H12FNO2/c1-17-10-4-5-11(12(14)7-10)13(16)9-3-2-6-15-8-9/h2-8,13,16H,1H3. The van der Waals surface area contributed by atoms with Gasteiger partial charge < -0.3 is 9.84 Å². The highest BCUT2D eigenvalue weighted by atomic mass is 19.1. The number of benzene rings is 1. The van der Waals surface area contributed by atoms with E-state index in [2.05, 4.69) is 4.98 Å². The number of nitrogens with zero attached hydrogens (tertiary/aromatic N) is 1. The number of rotatable bonds is 3. The van der Waals surface area contributed by atoms with Crippen LogP contribution in [0, 0.1) is 5.82 Å². The molecule has 0 radical (unpaired) electrons. The van der Waals surface area contributed by atoms with Crippen molar-refractivity contribution in [1.29, 1.82) is 0 Å². The summed E-state index contributed by atoms with van der Waals surface area (Å²) in [5.41, 5.74) is 0.760. The minimum Gasteiger partial charge on any atom is -0.497 e. The zero-order valence-corrected chi connectivity index (χ0v) is 9.30. The van der Waals surface area contributed by atoms with Gasteiger partial charge >= 0.3 is 0 Å². The van der Waals surface area contributed by atoms with Gasteiger partial charge in [-0.2, -0.15) is 0 Å². The molecule has 3 nitrogen and oxygen atoms in total. The Morgan fingerprint density at radius 3 is 2.76 bits per heavy atom. The molecule has 1 heterocycles. The van der Waals surface area contributed by atoms with Crippen LogP contribution in [0.3, 0.4) is 0 Å². The van der Waals surface area contributed by atoms with E-state index in [1.54, 1.807) is 24.4 Å². The van der Waals surface area contributed by atoms with E-state index in [9.17, 15) is 9.50 Å². The maximum Gasteiger partial charge on any atom is 0.133 e. The van der Waals surface area contributed by atoms with Crippen LogP contribution in [0.2, 0.25) is 0 Å². The van der Waals surface area contributed by atoms with Gasteiger partial charge in [0.25, 0.3) is 0 Å². The summed E-state index contributed by atoms with van der Waals surface area (Å²) in [6, 6.07) is 7.75. The third-order valence-corrected chi connectivity index (χ3v) is 2.50. The lowest BCUT2D eigenvalue weighted by atomic mass is 10.0. The van der Waals surface area contributed by atoms with Gasteiger partial charge in [-0.1, -0.05) is 6.07 Å². The van der Waals surface area contributed by atoms with E-state index in [1.165, 1.54) is 25.4 Å². The Balaban J connectivity index is 2.34. The summed E-state index contributed by atoms with van der Waals surface area (Å²) in [6.07, 6.45) is 2.09. The fourth-order valence-corrected chi connectivity index (χ4v) is 1.57. The van der Waals surface area contributed by atoms with Crippen LogP contribution >= 0.6 is 0 Å². The summed E-state index contributed by atoms with van der Waals surface area (Å²) in [7, 11) is 1.46. The lowest BCUT2D eigenvalue weighted by Crippen LogP contribution is -2.03. The summed E-state index contributed by atoms with van der Waals surface area (Å²) in [4.78, 5) is 3.89. The number of aromatic nitrogens is 1. The Morgan fingerprint density at radius 1 is 1.35 bits per heavy atom. The summed E-state index contributed by atoms with van der Waals surface area (Å²) in [6.45, 7) is 0. The van der Waals surface area contributed by atoms with Crippen molar-refractivity contribution in [2.24, 2.45) is 0 Å². The van der Waals surface area contributed by atoms with Gasteiger partial charge in [0, 0.05) is 29.6 Å². The molecule has 0 spiro atoms. The number of halogens is 1. The molecule has 1 N–H and O–H groups in total. The maximum atomic E-state index is 13.7. The Kier molecular flexibility index (Phi) is 3.35. The van der Waals surface area contributed by atoms with E-state index < -0.39 is 11.9 Å². The van der Waals surface area contributed by atoms with Gasteiger partial charge in [-0.3, -0.25) is 4.98 Å². The highest BCUT2D eigenvalue weighted by molar-refractivity contribution is 5.34. The van der Waals surface area contributed by atoms with Gasteiger partial charge in [-0.15, -0.1) is 0 Å². The van der Waals surface area contributed by atoms with E-state index >= 15 is 0 Å². The van der Waals surface area contributed by atoms with Crippen molar-refractivity contribution >= 4 is 0 Å². The molecule has 0 amide bonds. The van der Waals surface area contributed by atoms with E-state index in [1.807, 2.05) is 0 Å². The first-order valence-corrected chi connectivity index (χ1v) is 5.14. The molecule has 88 valence electrons. The lowest BCUT2D eigenvalue weighted by molar-refractivity contribution is 0.214. The zero-order chi connectivity index (χ0) is 12.3. The van der Waals surface area contributed by atoms with E-state index in [-0.39, 0.29) is 5.56 Å². The molecule has 0 aliphatic rings. The SMILES string of the molecule is COc1ccc(C(O)c2cccnc2)c(F)c1. The topological polar surface area (TPSA) is 42.4 Å². The second-order valence-electron chi connectivity index (χ2n) is 3.58. The number of aliphatic hydroxyl groups is 1. The highest BCUT2D eigenvalue weighted by Crippen LogP contribution is 2.26. The fourth-order valence-electron chi connectivity index (χ4n) is 1.57. The second-order valence-corrected chi connectivity index (χ2v) is 3.58. The van der Waals surface area contributed by atoms with Gasteiger partial charge in [0.05, 0.1) is 7.11 Å². The third-order valence-electron chi connectivity index (χ3n) is 2.50. The van der Waals surface area contributed by atoms with E-state index in [0.717, 1.165) is 0 Å². The molecular weight excluding hydrogens is 221 g/mol. The number of pyridine rings is 1. The first-order chi connectivity index (χ1) is 8.22. The van der Waals surface area contributed by atoms with E-state index in [0.29, 0.717) is 11.3 Å². The van der Waals surface area contributed by atoms with Crippen LogP contribution in [0.25, 0.3) is 0 Å². The predicted octanol–water partition coefficient (Wildman–Crippen LogP) is 2.31. The smallest absolute Gasteiger partial charge is 0.133 e. The quantitative estimate of drug-likeness (QED) is 0.884. The fraction of sp³-hybridized carbons (Fsp3) is 0.154. The van der Waals surface area contributed by atoms with Crippen LogP contribution < -0.4 is 4.74 Å². The summed E-state index contributed by atoms with van der Waals surface area (Å²) in [5, 5.41) is 10.0. The molecule has 1 aromatic carbocycles. The Bertz CT molecular complexity index is 502. The molecule has 0 bridgehead atoms. The van der Waals surface area contributed by atoms with Crippen molar-refractivity contribution < 1.29 is 14.2 Å².